The van der Waals surface area contributed by atoms with Crippen LogP contribution in [0.4, 0.5) is 5.69 Å². The lowest BCUT2D eigenvalue weighted by molar-refractivity contribution is -0.114. The van der Waals surface area contributed by atoms with Crippen LogP contribution in [0, 0.1) is 0 Å². The van der Waals surface area contributed by atoms with Gasteiger partial charge in [0.1, 0.15) is 0 Å². The van der Waals surface area contributed by atoms with Gasteiger partial charge in [-0.25, -0.2) is 4.79 Å². The number of rotatable bonds is 2. The zero-order valence-electron chi connectivity index (χ0n) is 13.7. The first-order valence-corrected chi connectivity index (χ1v) is 7.83. The number of nitrogens with zero attached hydrogens (tertiary/aromatic N) is 3. The summed E-state index contributed by atoms with van der Waals surface area (Å²) in [5, 5.41) is 0. The van der Waals surface area contributed by atoms with Gasteiger partial charge in [-0.3, -0.25) is 14.2 Å². The zero-order valence-corrected chi connectivity index (χ0v) is 13.7. The molecule has 0 aliphatic carbocycles. The maximum Gasteiger partial charge on any atom is 0.330 e. The molecule has 1 aromatic carbocycles. The van der Waals surface area contributed by atoms with Crippen molar-refractivity contribution in [1.29, 1.82) is 0 Å². The Bertz CT molecular complexity index is 937. The predicted octanol–water partition coefficient (Wildman–Crippen LogP) is 1.08. The molecule has 0 saturated heterocycles. The molecule has 3 rings (SSSR count). The van der Waals surface area contributed by atoms with Gasteiger partial charge in [0.25, 0.3) is 11.5 Å². The molecule has 0 saturated carbocycles. The van der Waals surface area contributed by atoms with Gasteiger partial charge in [-0.15, -0.1) is 0 Å². The minimum atomic E-state index is -0.416. The molecule has 0 bridgehead atoms. The Morgan fingerprint density at radius 3 is 2.71 bits per heavy atom. The highest BCUT2D eigenvalue weighted by Gasteiger charge is 2.20. The van der Waals surface area contributed by atoms with Crippen molar-refractivity contribution in [2.75, 3.05) is 11.4 Å². The first kappa shape index (κ1) is 16.0. The number of aryl methyl sites for hydroxylation is 2. The molecular formula is C18H19N3O3. The SMILES string of the molecule is Cn1cc(C=CC(=O)N2CCCc3ccccc32)c(=O)n(C)c1=O. The van der Waals surface area contributed by atoms with E-state index >= 15 is 0 Å². The third kappa shape index (κ3) is 2.82. The van der Waals surface area contributed by atoms with Crippen LogP contribution in [0.3, 0.4) is 0 Å². The van der Waals surface area contributed by atoms with E-state index in [-0.39, 0.29) is 5.91 Å². The smallest absolute Gasteiger partial charge is 0.309 e. The summed E-state index contributed by atoms with van der Waals surface area (Å²) in [5.41, 5.74) is 1.57. The van der Waals surface area contributed by atoms with Gasteiger partial charge in [-0.2, -0.15) is 0 Å². The molecule has 0 atom stereocenters. The molecule has 0 fully saturated rings. The van der Waals surface area contributed by atoms with Gasteiger partial charge in [-0.05, 0) is 30.5 Å². The Morgan fingerprint density at radius 2 is 1.92 bits per heavy atom. The normalized spacial score (nSPS) is 14.0. The number of carbonyl (C=O) groups excluding carboxylic acids is 1. The van der Waals surface area contributed by atoms with Crippen molar-refractivity contribution >= 4 is 17.7 Å². The van der Waals surface area contributed by atoms with Crippen molar-refractivity contribution in [3.8, 4) is 0 Å². The highest BCUT2D eigenvalue weighted by Crippen LogP contribution is 2.26. The van der Waals surface area contributed by atoms with Crippen LogP contribution in [0.25, 0.3) is 6.08 Å². The molecule has 1 aliphatic heterocycles. The minimum absolute atomic E-state index is 0.168. The van der Waals surface area contributed by atoms with Crippen molar-refractivity contribution in [2.24, 2.45) is 14.1 Å². The number of benzene rings is 1. The van der Waals surface area contributed by atoms with Gasteiger partial charge in [0.15, 0.2) is 0 Å². The van der Waals surface area contributed by atoms with E-state index in [0.717, 1.165) is 28.7 Å². The molecule has 6 nitrogen and oxygen atoms in total. The van der Waals surface area contributed by atoms with Crippen LogP contribution in [0.15, 0.2) is 46.1 Å². The first-order chi connectivity index (χ1) is 11.5. The minimum Gasteiger partial charge on any atom is -0.309 e. The average Bonchev–Trinajstić information content (AvgIpc) is 2.61. The Balaban J connectivity index is 1.90. The van der Waals surface area contributed by atoms with Crippen LogP contribution in [-0.2, 0) is 25.3 Å². The Morgan fingerprint density at radius 1 is 1.17 bits per heavy atom. The number of aromatic nitrogens is 2. The van der Waals surface area contributed by atoms with Crippen LogP contribution in [0.1, 0.15) is 17.5 Å². The van der Waals surface area contributed by atoms with Gasteiger partial charge in [0, 0.05) is 38.6 Å². The lowest BCUT2D eigenvalue weighted by Gasteiger charge is -2.28. The summed E-state index contributed by atoms with van der Waals surface area (Å²) in [4.78, 5) is 38.1. The summed E-state index contributed by atoms with van der Waals surface area (Å²) >= 11 is 0. The summed E-state index contributed by atoms with van der Waals surface area (Å²) < 4.78 is 2.35. The van der Waals surface area contributed by atoms with Crippen molar-refractivity contribution in [3.05, 3.63) is 68.5 Å². The molecule has 0 unspecified atom stereocenters. The lowest BCUT2D eigenvalue weighted by Crippen LogP contribution is -2.37. The summed E-state index contributed by atoms with van der Waals surface area (Å²) in [6, 6.07) is 7.85. The fourth-order valence-corrected chi connectivity index (χ4v) is 2.96. The molecule has 2 heterocycles. The number of anilines is 1. The van der Waals surface area contributed by atoms with E-state index in [4.69, 9.17) is 0 Å². The summed E-state index contributed by atoms with van der Waals surface area (Å²) in [5.74, 6) is -0.168. The van der Waals surface area contributed by atoms with E-state index in [1.807, 2.05) is 24.3 Å². The highest BCUT2D eigenvalue weighted by atomic mass is 16.2. The van der Waals surface area contributed by atoms with Crippen molar-refractivity contribution in [3.63, 3.8) is 0 Å². The fraction of sp³-hybridized carbons (Fsp3) is 0.278. The van der Waals surface area contributed by atoms with E-state index in [1.54, 1.807) is 11.9 Å². The number of fused-ring (bicyclic) bond motifs is 1. The van der Waals surface area contributed by atoms with E-state index in [1.165, 1.54) is 30.0 Å². The van der Waals surface area contributed by atoms with Gasteiger partial charge in [0.2, 0.25) is 0 Å². The largest absolute Gasteiger partial charge is 0.330 e. The molecular weight excluding hydrogens is 306 g/mol. The standard InChI is InChI=1S/C18H19N3O3/c1-19-12-14(17(23)20(2)18(19)24)9-10-16(22)21-11-5-7-13-6-3-4-8-15(13)21/h3-4,6,8-10,12H,5,7,11H2,1-2H3. The van der Waals surface area contributed by atoms with E-state index < -0.39 is 11.2 Å². The molecule has 0 spiro atoms. The first-order valence-electron chi connectivity index (χ1n) is 7.83. The van der Waals surface area contributed by atoms with Crippen molar-refractivity contribution in [2.45, 2.75) is 12.8 Å². The maximum atomic E-state index is 12.5. The second-order valence-electron chi connectivity index (χ2n) is 5.90. The van der Waals surface area contributed by atoms with Crippen LogP contribution in [0.5, 0.6) is 0 Å². The maximum absolute atomic E-state index is 12.5. The van der Waals surface area contributed by atoms with Gasteiger partial charge in [-0.1, -0.05) is 18.2 Å². The zero-order chi connectivity index (χ0) is 17.3. The number of amides is 1. The quantitative estimate of drug-likeness (QED) is 0.776. The van der Waals surface area contributed by atoms with Gasteiger partial charge < -0.3 is 9.47 Å². The van der Waals surface area contributed by atoms with Gasteiger partial charge in [0.05, 0.1) is 5.56 Å². The number of para-hydroxylation sites is 1. The number of hydrogen-bond donors (Lipinski definition) is 0. The summed E-state index contributed by atoms with van der Waals surface area (Å²) in [6.45, 7) is 0.658. The summed E-state index contributed by atoms with van der Waals surface area (Å²) in [7, 11) is 2.99. The fourth-order valence-electron chi connectivity index (χ4n) is 2.96. The molecule has 0 N–H and O–H groups in total. The third-order valence-corrected chi connectivity index (χ3v) is 4.25. The Labute approximate surface area is 139 Å². The second kappa shape index (κ2) is 6.31. The summed E-state index contributed by atoms with van der Waals surface area (Å²) in [6.07, 6.45) is 6.19. The molecule has 6 heteroatoms. The lowest BCUT2D eigenvalue weighted by atomic mass is 10.0. The van der Waals surface area contributed by atoms with Crippen LogP contribution in [0.2, 0.25) is 0 Å². The average molecular weight is 325 g/mol. The van der Waals surface area contributed by atoms with Crippen molar-refractivity contribution < 1.29 is 4.79 Å². The number of hydrogen-bond acceptors (Lipinski definition) is 3. The Hall–Kier alpha value is -2.89. The molecule has 1 amide bonds. The second-order valence-corrected chi connectivity index (χ2v) is 5.90. The molecule has 24 heavy (non-hydrogen) atoms. The van der Waals surface area contributed by atoms with Crippen LogP contribution >= 0.6 is 0 Å². The van der Waals surface area contributed by atoms with E-state index in [2.05, 4.69) is 0 Å². The Kier molecular flexibility index (Phi) is 4.20. The van der Waals surface area contributed by atoms with Crippen LogP contribution < -0.4 is 16.1 Å². The molecule has 1 aromatic heterocycles. The third-order valence-electron chi connectivity index (χ3n) is 4.25. The highest BCUT2D eigenvalue weighted by molar-refractivity contribution is 6.04. The van der Waals surface area contributed by atoms with E-state index in [0.29, 0.717) is 12.1 Å². The van der Waals surface area contributed by atoms with E-state index in [9.17, 15) is 14.4 Å². The predicted molar refractivity (Wildman–Crippen MR) is 93.1 cm³/mol. The monoisotopic (exact) mass is 325 g/mol. The number of carbonyl (C=O) groups is 1. The molecule has 0 radical (unpaired) electrons. The molecule has 124 valence electrons. The topological polar surface area (TPSA) is 64.3 Å². The van der Waals surface area contributed by atoms with Gasteiger partial charge >= 0.3 is 5.69 Å². The van der Waals surface area contributed by atoms with Crippen LogP contribution in [-0.4, -0.2) is 21.6 Å². The molecule has 1 aliphatic rings. The van der Waals surface area contributed by atoms with Crippen molar-refractivity contribution in [1.82, 2.24) is 9.13 Å². The molecule has 2 aromatic rings.